The molecule has 10 heteroatoms. The van der Waals surface area contributed by atoms with E-state index in [0.717, 1.165) is 4.88 Å². The molecular formula is C16H16N4O5S. The molecule has 0 aliphatic heterocycles. The molecule has 0 aliphatic rings. The molecule has 0 spiro atoms. The Kier molecular flexibility index (Phi) is 5.42. The maximum absolute atomic E-state index is 12.0. The van der Waals surface area contributed by atoms with Crippen LogP contribution >= 0.6 is 11.3 Å². The first-order chi connectivity index (χ1) is 12.5. The molecule has 1 N–H and O–H groups in total. The van der Waals surface area contributed by atoms with E-state index in [0.29, 0.717) is 17.4 Å². The highest BCUT2D eigenvalue weighted by atomic mass is 32.1. The number of aromatic nitrogens is 3. The second kappa shape index (κ2) is 7.91. The quantitative estimate of drug-likeness (QED) is 0.625. The Morgan fingerprint density at radius 2 is 2.19 bits per heavy atom. The number of amides is 1. The van der Waals surface area contributed by atoms with E-state index in [-0.39, 0.29) is 18.7 Å². The SMILES string of the molecule is Cc1cc(NC(=O)[C@H](C)OC(=O)CCc2nc(-c3cccs3)no2)on1. The van der Waals surface area contributed by atoms with Gasteiger partial charge in [0.15, 0.2) is 6.10 Å². The topological polar surface area (TPSA) is 120 Å². The van der Waals surface area contributed by atoms with E-state index in [1.165, 1.54) is 18.3 Å². The Balaban J connectivity index is 1.45. The van der Waals surface area contributed by atoms with E-state index in [1.54, 1.807) is 13.0 Å². The van der Waals surface area contributed by atoms with E-state index in [4.69, 9.17) is 13.8 Å². The van der Waals surface area contributed by atoms with E-state index < -0.39 is 18.0 Å². The maximum atomic E-state index is 12.0. The zero-order valence-corrected chi connectivity index (χ0v) is 14.9. The zero-order valence-electron chi connectivity index (χ0n) is 14.1. The lowest BCUT2D eigenvalue weighted by atomic mass is 10.3. The van der Waals surface area contributed by atoms with Gasteiger partial charge in [0.2, 0.25) is 17.6 Å². The number of carbonyl (C=O) groups is 2. The lowest BCUT2D eigenvalue weighted by molar-refractivity contribution is -0.153. The third-order valence-corrected chi connectivity index (χ3v) is 4.17. The van der Waals surface area contributed by atoms with Gasteiger partial charge in [0.05, 0.1) is 17.0 Å². The summed E-state index contributed by atoms with van der Waals surface area (Å²) < 4.78 is 15.1. The molecule has 0 aliphatic carbocycles. The van der Waals surface area contributed by atoms with Crippen LogP contribution in [0.4, 0.5) is 5.88 Å². The summed E-state index contributed by atoms with van der Waals surface area (Å²) in [7, 11) is 0. The van der Waals surface area contributed by atoms with Gasteiger partial charge in [0.25, 0.3) is 5.91 Å². The number of hydrogen-bond donors (Lipinski definition) is 1. The first kappa shape index (κ1) is 17.8. The number of anilines is 1. The molecule has 1 atom stereocenters. The molecule has 0 saturated heterocycles. The molecular weight excluding hydrogens is 360 g/mol. The molecule has 26 heavy (non-hydrogen) atoms. The number of esters is 1. The van der Waals surface area contributed by atoms with Crippen LogP contribution in [0.3, 0.4) is 0 Å². The summed E-state index contributed by atoms with van der Waals surface area (Å²) >= 11 is 1.49. The highest BCUT2D eigenvalue weighted by Gasteiger charge is 2.20. The molecule has 0 radical (unpaired) electrons. The first-order valence-corrected chi connectivity index (χ1v) is 8.69. The van der Waals surface area contributed by atoms with E-state index >= 15 is 0 Å². The van der Waals surface area contributed by atoms with Gasteiger partial charge in [-0.3, -0.25) is 14.9 Å². The summed E-state index contributed by atoms with van der Waals surface area (Å²) in [5.74, 6) is -0.0371. The zero-order chi connectivity index (χ0) is 18.5. The van der Waals surface area contributed by atoms with Crippen molar-refractivity contribution in [1.82, 2.24) is 15.3 Å². The van der Waals surface area contributed by atoms with Gasteiger partial charge in [-0.05, 0) is 25.3 Å². The minimum atomic E-state index is -0.975. The number of thiophene rings is 1. The molecule has 3 heterocycles. The molecule has 0 aromatic carbocycles. The minimum Gasteiger partial charge on any atom is -0.453 e. The van der Waals surface area contributed by atoms with Crippen molar-refractivity contribution < 1.29 is 23.4 Å². The van der Waals surface area contributed by atoms with Crippen LogP contribution in [-0.4, -0.2) is 33.3 Å². The largest absolute Gasteiger partial charge is 0.453 e. The van der Waals surface area contributed by atoms with E-state index in [1.807, 2.05) is 17.5 Å². The van der Waals surface area contributed by atoms with Gasteiger partial charge >= 0.3 is 5.97 Å². The van der Waals surface area contributed by atoms with Crippen molar-refractivity contribution in [2.45, 2.75) is 32.8 Å². The second-order valence-electron chi connectivity index (χ2n) is 5.44. The average molecular weight is 376 g/mol. The molecule has 3 aromatic rings. The number of nitrogens with one attached hydrogen (secondary N) is 1. The fraction of sp³-hybridized carbons (Fsp3) is 0.312. The van der Waals surface area contributed by atoms with Crippen molar-refractivity contribution in [1.29, 1.82) is 0 Å². The number of nitrogens with zero attached hydrogens (tertiary/aromatic N) is 3. The van der Waals surface area contributed by atoms with Crippen LogP contribution < -0.4 is 5.32 Å². The third-order valence-electron chi connectivity index (χ3n) is 3.30. The van der Waals surface area contributed by atoms with Crippen molar-refractivity contribution >= 4 is 29.1 Å². The molecule has 0 bridgehead atoms. The Morgan fingerprint density at radius 3 is 2.88 bits per heavy atom. The second-order valence-corrected chi connectivity index (χ2v) is 6.39. The van der Waals surface area contributed by atoms with Crippen molar-refractivity contribution in [3.8, 4) is 10.7 Å². The molecule has 0 saturated carbocycles. The van der Waals surface area contributed by atoms with Crippen LogP contribution in [0, 0.1) is 6.92 Å². The van der Waals surface area contributed by atoms with Gasteiger partial charge in [-0.1, -0.05) is 16.4 Å². The average Bonchev–Trinajstić information content (AvgIpc) is 3.34. The van der Waals surface area contributed by atoms with Gasteiger partial charge in [0, 0.05) is 12.5 Å². The molecule has 3 rings (SSSR count). The van der Waals surface area contributed by atoms with Crippen LogP contribution in [0.5, 0.6) is 0 Å². The summed E-state index contributed by atoms with van der Waals surface area (Å²) in [6, 6.07) is 5.33. The number of hydrogen-bond acceptors (Lipinski definition) is 9. The van der Waals surface area contributed by atoms with Crippen molar-refractivity contribution in [3.63, 3.8) is 0 Å². The van der Waals surface area contributed by atoms with Crippen LogP contribution in [-0.2, 0) is 20.7 Å². The summed E-state index contributed by atoms with van der Waals surface area (Å²) in [5.41, 5.74) is 0.631. The number of aryl methyl sites for hydroxylation is 2. The van der Waals surface area contributed by atoms with Crippen LogP contribution in [0.2, 0.25) is 0 Å². The number of carbonyl (C=O) groups excluding carboxylic acids is 2. The third kappa shape index (κ3) is 4.54. The lowest BCUT2D eigenvalue weighted by Crippen LogP contribution is -2.29. The van der Waals surface area contributed by atoms with Crippen molar-refractivity contribution in [2.24, 2.45) is 0 Å². The summed E-state index contributed by atoms with van der Waals surface area (Å²) in [5, 5.41) is 11.9. The number of ether oxygens (including phenoxy) is 1. The molecule has 136 valence electrons. The molecule has 3 aromatic heterocycles. The smallest absolute Gasteiger partial charge is 0.307 e. The molecule has 9 nitrogen and oxygen atoms in total. The fourth-order valence-electron chi connectivity index (χ4n) is 2.03. The van der Waals surface area contributed by atoms with Gasteiger partial charge in [-0.25, -0.2) is 0 Å². The molecule has 1 amide bonds. The Bertz CT molecular complexity index is 886. The normalized spacial score (nSPS) is 11.9. The maximum Gasteiger partial charge on any atom is 0.307 e. The van der Waals surface area contributed by atoms with Gasteiger partial charge in [-0.15, -0.1) is 11.3 Å². The predicted octanol–water partition coefficient (Wildman–Crippen LogP) is 2.60. The highest BCUT2D eigenvalue weighted by Crippen LogP contribution is 2.21. The van der Waals surface area contributed by atoms with Crippen molar-refractivity contribution in [2.75, 3.05) is 5.32 Å². The fourth-order valence-corrected chi connectivity index (χ4v) is 2.68. The first-order valence-electron chi connectivity index (χ1n) is 7.81. The highest BCUT2D eigenvalue weighted by molar-refractivity contribution is 7.13. The summed E-state index contributed by atoms with van der Waals surface area (Å²) in [4.78, 5) is 29.0. The van der Waals surface area contributed by atoms with Crippen LogP contribution in [0.15, 0.2) is 32.6 Å². The minimum absolute atomic E-state index is 0.0190. The standard InChI is InChI=1S/C16H16N4O5S/c1-9-8-13(25-19-9)18-16(22)10(2)23-14(21)6-5-12-17-15(20-24-12)11-4-3-7-26-11/h3-4,7-8,10H,5-6H2,1-2H3,(H,18,22)/t10-/m0/s1. The Labute approximate surface area is 152 Å². The molecule has 0 fully saturated rings. The van der Waals surface area contributed by atoms with Gasteiger partial charge in [0.1, 0.15) is 0 Å². The summed E-state index contributed by atoms with van der Waals surface area (Å²) in [6.45, 7) is 3.20. The predicted molar refractivity (Wildman–Crippen MR) is 91.4 cm³/mol. The van der Waals surface area contributed by atoms with Crippen LogP contribution in [0.25, 0.3) is 10.7 Å². The van der Waals surface area contributed by atoms with E-state index in [2.05, 4.69) is 20.6 Å². The number of rotatable bonds is 7. The Morgan fingerprint density at radius 1 is 1.35 bits per heavy atom. The lowest BCUT2D eigenvalue weighted by Gasteiger charge is -2.11. The van der Waals surface area contributed by atoms with Crippen molar-refractivity contribution in [3.05, 3.63) is 35.2 Å². The van der Waals surface area contributed by atoms with Gasteiger partial charge < -0.3 is 13.8 Å². The Hall–Kier alpha value is -3.01. The summed E-state index contributed by atoms with van der Waals surface area (Å²) in [6.07, 6.45) is -0.727. The van der Waals surface area contributed by atoms with Gasteiger partial charge in [-0.2, -0.15) is 4.98 Å². The monoisotopic (exact) mass is 376 g/mol. The van der Waals surface area contributed by atoms with E-state index in [9.17, 15) is 9.59 Å². The molecule has 0 unspecified atom stereocenters. The van der Waals surface area contributed by atoms with Crippen LogP contribution in [0.1, 0.15) is 24.9 Å².